The molecule has 0 bridgehead atoms. The van der Waals surface area contributed by atoms with E-state index in [1.54, 1.807) is 6.07 Å². The topological polar surface area (TPSA) is 32.3 Å². The molecule has 110 valence electrons. The van der Waals surface area contributed by atoms with Gasteiger partial charge in [-0.05, 0) is 37.3 Å². The summed E-state index contributed by atoms with van der Waals surface area (Å²) in [5, 5.41) is 13.5. The number of nitrogens with one attached hydrogen (secondary N) is 1. The van der Waals surface area contributed by atoms with E-state index < -0.39 is 5.82 Å². The van der Waals surface area contributed by atoms with Gasteiger partial charge in [-0.2, -0.15) is 0 Å². The van der Waals surface area contributed by atoms with Gasteiger partial charge in [0.05, 0.1) is 0 Å². The Bertz CT molecular complexity index is 610. The molecule has 2 aromatic rings. The van der Waals surface area contributed by atoms with Crippen molar-refractivity contribution in [3.63, 3.8) is 0 Å². The van der Waals surface area contributed by atoms with Gasteiger partial charge in [0, 0.05) is 23.7 Å². The zero-order chi connectivity index (χ0) is 14.8. The molecule has 2 aromatic carbocycles. The molecule has 3 rings (SSSR count). The lowest BCUT2D eigenvalue weighted by Gasteiger charge is -2.24. The fourth-order valence-corrected chi connectivity index (χ4v) is 2.84. The Balaban J connectivity index is 1.79. The van der Waals surface area contributed by atoms with Crippen LogP contribution in [-0.2, 0) is 0 Å². The normalized spacial score (nSPS) is 17.4. The van der Waals surface area contributed by atoms with Crippen molar-refractivity contribution < 1.29 is 9.50 Å². The van der Waals surface area contributed by atoms with Gasteiger partial charge in [-0.1, -0.05) is 36.4 Å². The number of rotatable bonds is 5. The minimum Gasteiger partial charge on any atom is -0.508 e. The Morgan fingerprint density at radius 1 is 1.14 bits per heavy atom. The third-order valence-electron chi connectivity index (χ3n) is 4.14. The van der Waals surface area contributed by atoms with Crippen LogP contribution in [0.3, 0.4) is 0 Å². The molecule has 21 heavy (non-hydrogen) atoms. The highest BCUT2D eigenvalue weighted by Crippen LogP contribution is 2.42. The van der Waals surface area contributed by atoms with Crippen molar-refractivity contribution in [2.75, 3.05) is 0 Å². The molecule has 0 heterocycles. The standard InChI is InChI=1S/C18H20FNO/c1-12(16-10-9-15(19)11-17(16)21)20-18(14-7-8-14)13-5-3-2-4-6-13/h2-6,9-12,14,18,20-21H,7-8H2,1H3. The third-order valence-corrected chi connectivity index (χ3v) is 4.14. The minimum atomic E-state index is -0.412. The monoisotopic (exact) mass is 285 g/mol. The summed E-state index contributed by atoms with van der Waals surface area (Å²) < 4.78 is 13.1. The molecule has 0 aromatic heterocycles. The predicted octanol–water partition coefficient (Wildman–Crippen LogP) is 4.33. The molecule has 0 amide bonds. The predicted molar refractivity (Wildman–Crippen MR) is 81.5 cm³/mol. The first-order valence-electron chi connectivity index (χ1n) is 7.44. The van der Waals surface area contributed by atoms with Crippen molar-refractivity contribution in [2.45, 2.75) is 31.8 Å². The second-order valence-electron chi connectivity index (χ2n) is 5.82. The summed E-state index contributed by atoms with van der Waals surface area (Å²) in [5.41, 5.74) is 2.01. The molecule has 2 atom stereocenters. The van der Waals surface area contributed by atoms with Gasteiger partial charge in [0.15, 0.2) is 0 Å². The maximum absolute atomic E-state index is 13.1. The molecule has 0 aliphatic heterocycles. The second kappa shape index (κ2) is 5.86. The zero-order valence-electron chi connectivity index (χ0n) is 12.1. The lowest BCUT2D eigenvalue weighted by molar-refractivity contribution is 0.405. The molecule has 0 saturated heterocycles. The molecule has 2 nitrogen and oxygen atoms in total. The summed E-state index contributed by atoms with van der Waals surface area (Å²) in [7, 11) is 0. The number of phenols is 1. The average molecular weight is 285 g/mol. The van der Waals surface area contributed by atoms with Gasteiger partial charge in [-0.25, -0.2) is 4.39 Å². The van der Waals surface area contributed by atoms with Gasteiger partial charge in [-0.3, -0.25) is 0 Å². The Hall–Kier alpha value is -1.87. The molecule has 0 radical (unpaired) electrons. The summed E-state index contributed by atoms with van der Waals surface area (Å²) >= 11 is 0. The Morgan fingerprint density at radius 2 is 1.86 bits per heavy atom. The lowest BCUT2D eigenvalue weighted by atomic mass is 9.99. The zero-order valence-corrected chi connectivity index (χ0v) is 12.1. The van der Waals surface area contributed by atoms with Gasteiger partial charge in [-0.15, -0.1) is 0 Å². The van der Waals surface area contributed by atoms with E-state index >= 15 is 0 Å². The van der Waals surface area contributed by atoms with Crippen LogP contribution in [0.2, 0.25) is 0 Å². The van der Waals surface area contributed by atoms with Crippen LogP contribution in [0.25, 0.3) is 0 Å². The molecule has 2 N–H and O–H groups in total. The van der Waals surface area contributed by atoms with Crippen LogP contribution < -0.4 is 5.32 Å². The van der Waals surface area contributed by atoms with Crippen molar-refractivity contribution in [1.82, 2.24) is 5.32 Å². The number of aromatic hydroxyl groups is 1. The van der Waals surface area contributed by atoms with Crippen molar-refractivity contribution >= 4 is 0 Å². The number of phenolic OH excluding ortho intramolecular Hbond substituents is 1. The molecule has 2 unspecified atom stereocenters. The number of hydrogen-bond acceptors (Lipinski definition) is 2. The average Bonchev–Trinajstić information content (AvgIpc) is 3.30. The Morgan fingerprint density at radius 3 is 2.48 bits per heavy atom. The molecule has 1 aliphatic carbocycles. The van der Waals surface area contributed by atoms with E-state index in [1.165, 1.54) is 30.5 Å². The molecular formula is C18H20FNO. The van der Waals surface area contributed by atoms with Crippen molar-refractivity contribution in [3.8, 4) is 5.75 Å². The van der Waals surface area contributed by atoms with E-state index in [0.29, 0.717) is 5.92 Å². The first kappa shape index (κ1) is 14.1. The summed E-state index contributed by atoms with van der Waals surface area (Å²) in [6, 6.07) is 14.8. The second-order valence-corrected chi connectivity index (χ2v) is 5.82. The molecular weight excluding hydrogens is 265 g/mol. The maximum atomic E-state index is 13.1. The van der Waals surface area contributed by atoms with E-state index in [1.807, 2.05) is 25.1 Å². The molecule has 1 fully saturated rings. The summed E-state index contributed by atoms with van der Waals surface area (Å²) in [5.74, 6) is 0.250. The fourth-order valence-electron chi connectivity index (χ4n) is 2.84. The van der Waals surface area contributed by atoms with E-state index in [4.69, 9.17) is 0 Å². The van der Waals surface area contributed by atoms with Crippen LogP contribution in [0.15, 0.2) is 48.5 Å². The van der Waals surface area contributed by atoms with Gasteiger partial charge in [0.25, 0.3) is 0 Å². The highest BCUT2D eigenvalue weighted by atomic mass is 19.1. The minimum absolute atomic E-state index is 0.0117. The highest BCUT2D eigenvalue weighted by Gasteiger charge is 2.33. The number of halogens is 1. The van der Waals surface area contributed by atoms with E-state index in [2.05, 4.69) is 17.4 Å². The van der Waals surface area contributed by atoms with Crippen LogP contribution in [-0.4, -0.2) is 5.11 Å². The third kappa shape index (κ3) is 3.24. The summed E-state index contributed by atoms with van der Waals surface area (Å²) in [6.45, 7) is 2.01. The molecule has 1 saturated carbocycles. The first-order valence-corrected chi connectivity index (χ1v) is 7.44. The summed E-state index contributed by atoms with van der Waals surface area (Å²) in [4.78, 5) is 0. The van der Waals surface area contributed by atoms with E-state index in [0.717, 1.165) is 5.56 Å². The lowest BCUT2D eigenvalue weighted by Crippen LogP contribution is -2.26. The van der Waals surface area contributed by atoms with Crippen LogP contribution in [0, 0.1) is 11.7 Å². The number of benzene rings is 2. The first-order chi connectivity index (χ1) is 10.1. The molecule has 1 aliphatic rings. The van der Waals surface area contributed by atoms with Gasteiger partial charge in [0.1, 0.15) is 11.6 Å². The van der Waals surface area contributed by atoms with E-state index in [-0.39, 0.29) is 17.8 Å². The quantitative estimate of drug-likeness (QED) is 0.857. The van der Waals surface area contributed by atoms with Crippen molar-refractivity contribution in [1.29, 1.82) is 0 Å². The van der Waals surface area contributed by atoms with Crippen LogP contribution in [0.5, 0.6) is 5.75 Å². The van der Waals surface area contributed by atoms with Crippen LogP contribution >= 0.6 is 0 Å². The number of hydrogen-bond donors (Lipinski definition) is 2. The maximum Gasteiger partial charge on any atom is 0.126 e. The fraction of sp³-hybridized carbons (Fsp3) is 0.333. The van der Waals surface area contributed by atoms with E-state index in [9.17, 15) is 9.50 Å². The molecule has 0 spiro atoms. The Kier molecular flexibility index (Phi) is 3.93. The van der Waals surface area contributed by atoms with Crippen LogP contribution in [0.4, 0.5) is 4.39 Å². The van der Waals surface area contributed by atoms with Crippen LogP contribution in [0.1, 0.15) is 43.0 Å². The van der Waals surface area contributed by atoms with Gasteiger partial charge in [0.2, 0.25) is 0 Å². The van der Waals surface area contributed by atoms with Crippen molar-refractivity contribution in [2.24, 2.45) is 5.92 Å². The Labute approximate surface area is 124 Å². The van der Waals surface area contributed by atoms with Gasteiger partial charge < -0.3 is 10.4 Å². The highest BCUT2D eigenvalue weighted by molar-refractivity contribution is 5.35. The molecule has 3 heteroatoms. The van der Waals surface area contributed by atoms with Gasteiger partial charge >= 0.3 is 0 Å². The van der Waals surface area contributed by atoms with Crippen molar-refractivity contribution in [3.05, 3.63) is 65.5 Å². The SMILES string of the molecule is CC(NC(c1ccccc1)C1CC1)c1ccc(F)cc1O. The summed E-state index contributed by atoms with van der Waals surface area (Å²) in [6.07, 6.45) is 2.46. The smallest absolute Gasteiger partial charge is 0.126 e. The largest absolute Gasteiger partial charge is 0.508 e.